The van der Waals surface area contributed by atoms with Crippen LogP contribution in [0, 0.1) is 28.6 Å². The van der Waals surface area contributed by atoms with Gasteiger partial charge < -0.3 is 0 Å². The van der Waals surface area contributed by atoms with Gasteiger partial charge in [-0.2, -0.15) is 5.26 Å². The number of piperidine rings is 1. The first-order valence-corrected chi connectivity index (χ1v) is 7.75. The van der Waals surface area contributed by atoms with Gasteiger partial charge >= 0.3 is 0 Å². The number of nitrogens with zero attached hydrogens (tertiary/aromatic N) is 2. The van der Waals surface area contributed by atoms with E-state index in [-0.39, 0.29) is 29.1 Å². The maximum absolute atomic E-state index is 12.6. The summed E-state index contributed by atoms with van der Waals surface area (Å²) in [4.78, 5) is 26.5. The van der Waals surface area contributed by atoms with Crippen molar-refractivity contribution in [2.45, 2.75) is 64.3 Å². The Morgan fingerprint density at radius 1 is 1.00 bits per heavy atom. The van der Waals surface area contributed by atoms with E-state index in [9.17, 15) is 14.9 Å². The first-order valence-electron chi connectivity index (χ1n) is 7.75. The van der Waals surface area contributed by atoms with Crippen molar-refractivity contribution in [1.29, 1.82) is 5.26 Å². The molecule has 2 amide bonds. The zero-order valence-corrected chi connectivity index (χ0v) is 12.3. The molecule has 0 aromatic carbocycles. The minimum absolute atomic E-state index is 0.0906. The maximum Gasteiger partial charge on any atom is 0.235 e. The molecule has 4 heteroatoms. The van der Waals surface area contributed by atoms with E-state index in [1.165, 1.54) is 11.3 Å². The van der Waals surface area contributed by atoms with Crippen molar-refractivity contribution in [3.05, 3.63) is 0 Å². The summed E-state index contributed by atoms with van der Waals surface area (Å²) < 4.78 is 0. The van der Waals surface area contributed by atoms with Crippen LogP contribution >= 0.6 is 0 Å². The zero-order valence-electron chi connectivity index (χ0n) is 12.3. The van der Waals surface area contributed by atoms with Crippen LogP contribution in [0.4, 0.5) is 0 Å². The first-order chi connectivity index (χ1) is 9.46. The monoisotopic (exact) mass is 274 g/mol. The molecule has 108 valence electrons. The van der Waals surface area contributed by atoms with E-state index in [0.717, 1.165) is 25.7 Å². The third kappa shape index (κ3) is 1.65. The smallest absolute Gasteiger partial charge is 0.235 e. The summed E-state index contributed by atoms with van der Waals surface area (Å²) in [6, 6.07) is 2.34. The molecule has 1 aliphatic heterocycles. The third-order valence-corrected chi connectivity index (χ3v) is 5.62. The molecule has 1 heterocycles. The van der Waals surface area contributed by atoms with Crippen LogP contribution in [0.25, 0.3) is 0 Å². The molecule has 3 fully saturated rings. The van der Waals surface area contributed by atoms with E-state index in [1.807, 2.05) is 13.8 Å². The van der Waals surface area contributed by atoms with Crippen LogP contribution < -0.4 is 0 Å². The van der Waals surface area contributed by atoms with Crippen LogP contribution in [0.3, 0.4) is 0 Å². The van der Waals surface area contributed by atoms with Crippen molar-refractivity contribution in [1.82, 2.24) is 4.90 Å². The normalized spacial score (nSPS) is 35.0. The lowest BCUT2D eigenvalue weighted by Gasteiger charge is -2.38. The number of imide groups is 1. The molecule has 2 saturated carbocycles. The van der Waals surface area contributed by atoms with Gasteiger partial charge in [-0.1, -0.05) is 46.0 Å². The van der Waals surface area contributed by atoms with E-state index >= 15 is 0 Å². The Kier molecular flexibility index (Phi) is 2.93. The van der Waals surface area contributed by atoms with Gasteiger partial charge in [-0.25, -0.2) is 0 Å². The maximum atomic E-state index is 12.6. The van der Waals surface area contributed by atoms with Crippen LogP contribution in [0.2, 0.25) is 0 Å². The second kappa shape index (κ2) is 4.31. The Bertz CT molecular complexity index is 471. The molecule has 3 aliphatic rings. The highest BCUT2D eigenvalue weighted by molar-refractivity contribution is 6.11. The first kappa shape index (κ1) is 13.6. The second-order valence-corrected chi connectivity index (χ2v) is 7.20. The highest BCUT2D eigenvalue weighted by Gasteiger charge is 2.74. The van der Waals surface area contributed by atoms with Crippen LogP contribution in [0.15, 0.2) is 0 Å². The Balaban J connectivity index is 1.89. The third-order valence-electron chi connectivity index (χ3n) is 5.62. The van der Waals surface area contributed by atoms with Gasteiger partial charge in [-0.3, -0.25) is 14.5 Å². The summed E-state index contributed by atoms with van der Waals surface area (Å²) in [5.74, 6) is -0.532. The summed E-state index contributed by atoms with van der Waals surface area (Å²) in [6.45, 7) is 3.96. The Morgan fingerprint density at radius 2 is 1.45 bits per heavy atom. The number of hydrogen-bond acceptors (Lipinski definition) is 3. The molecule has 0 aromatic rings. The molecular weight excluding hydrogens is 252 g/mol. The average molecular weight is 274 g/mol. The summed E-state index contributed by atoms with van der Waals surface area (Å²) in [5.41, 5.74) is -1.05. The molecular formula is C16H22N2O2. The Hall–Kier alpha value is -1.37. The molecule has 0 spiro atoms. The standard InChI is InChI=1S/C16H22N2O2/c1-15(2)11-12(15)14(20)18(13(11)19)16(10-17)8-6-4-3-5-7-9-16/h11-12H,3-9H2,1-2H3. The number of carbonyl (C=O) groups is 2. The van der Waals surface area contributed by atoms with Gasteiger partial charge in [-0.05, 0) is 18.3 Å². The summed E-state index contributed by atoms with van der Waals surface area (Å²) in [7, 11) is 0. The van der Waals surface area contributed by atoms with E-state index in [2.05, 4.69) is 6.07 Å². The highest BCUT2D eigenvalue weighted by Crippen LogP contribution is 2.64. The quantitative estimate of drug-likeness (QED) is 0.691. The van der Waals surface area contributed by atoms with Crippen LogP contribution in [0.5, 0.6) is 0 Å². The van der Waals surface area contributed by atoms with E-state index in [1.54, 1.807) is 0 Å². The van der Waals surface area contributed by atoms with E-state index in [0.29, 0.717) is 12.8 Å². The molecule has 20 heavy (non-hydrogen) atoms. The van der Waals surface area contributed by atoms with Gasteiger partial charge in [0.2, 0.25) is 11.8 Å². The number of amides is 2. The molecule has 1 saturated heterocycles. The second-order valence-electron chi connectivity index (χ2n) is 7.20. The topological polar surface area (TPSA) is 61.2 Å². The van der Waals surface area contributed by atoms with Gasteiger partial charge in [0.05, 0.1) is 17.9 Å². The number of nitriles is 1. The molecule has 0 bridgehead atoms. The van der Waals surface area contributed by atoms with Crippen molar-refractivity contribution >= 4 is 11.8 Å². The van der Waals surface area contributed by atoms with Gasteiger partial charge in [0.25, 0.3) is 0 Å². The zero-order chi connectivity index (χ0) is 14.5. The fraction of sp³-hybridized carbons (Fsp3) is 0.812. The number of carbonyl (C=O) groups excluding carboxylic acids is 2. The van der Waals surface area contributed by atoms with Crippen molar-refractivity contribution in [2.75, 3.05) is 0 Å². The summed E-state index contributed by atoms with van der Waals surface area (Å²) >= 11 is 0. The molecule has 2 atom stereocenters. The minimum atomic E-state index is -0.863. The largest absolute Gasteiger partial charge is 0.274 e. The van der Waals surface area contributed by atoms with Crippen molar-refractivity contribution < 1.29 is 9.59 Å². The summed E-state index contributed by atoms with van der Waals surface area (Å²) in [5, 5.41) is 9.69. The predicted molar refractivity (Wildman–Crippen MR) is 73.3 cm³/mol. The molecule has 4 nitrogen and oxygen atoms in total. The fourth-order valence-electron chi connectivity index (χ4n) is 4.24. The van der Waals surface area contributed by atoms with Crippen molar-refractivity contribution in [3.63, 3.8) is 0 Å². The molecule has 2 unspecified atom stereocenters. The van der Waals surface area contributed by atoms with Crippen LogP contribution in [-0.2, 0) is 9.59 Å². The Morgan fingerprint density at radius 3 is 1.90 bits per heavy atom. The van der Waals surface area contributed by atoms with E-state index in [4.69, 9.17) is 0 Å². The van der Waals surface area contributed by atoms with E-state index < -0.39 is 5.54 Å². The molecule has 0 radical (unpaired) electrons. The van der Waals surface area contributed by atoms with Gasteiger partial charge in [0.1, 0.15) is 5.54 Å². The van der Waals surface area contributed by atoms with Crippen LogP contribution in [0.1, 0.15) is 58.8 Å². The number of rotatable bonds is 1. The van der Waals surface area contributed by atoms with Crippen LogP contribution in [-0.4, -0.2) is 22.3 Å². The number of likely N-dealkylation sites (tertiary alicyclic amines) is 1. The molecule has 3 rings (SSSR count). The number of fused-ring (bicyclic) bond motifs is 1. The van der Waals surface area contributed by atoms with Crippen molar-refractivity contribution in [3.8, 4) is 6.07 Å². The van der Waals surface area contributed by atoms with Gasteiger partial charge in [0, 0.05) is 0 Å². The SMILES string of the molecule is CC1(C)C2C(=O)N(C3(C#N)CCCCCCC3)C(=O)C21. The highest BCUT2D eigenvalue weighted by atomic mass is 16.2. The molecule has 0 N–H and O–H groups in total. The van der Waals surface area contributed by atoms with Gasteiger partial charge in [0.15, 0.2) is 0 Å². The lowest BCUT2D eigenvalue weighted by atomic mass is 9.83. The molecule has 0 aromatic heterocycles. The lowest BCUT2D eigenvalue weighted by molar-refractivity contribution is -0.149. The van der Waals surface area contributed by atoms with Gasteiger partial charge in [-0.15, -0.1) is 0 Å². The number of hydrogen-bond donors (Lipinski definition) is 0. The lowest BCUT2D eigenvalue weighted by Crippen LogP contribution is -2.53. The predicted octanol–water partition coefficient (Wildman–Crippen LogP) is 2.63. The fourth-order valence-corrected chi connectivity index (χ4v) is 4.24. The summed E-state index contributed by atoms with van der Waals surface area (Å²) in [6.07, 6.45) is 6.56. The average Bonchev–Trinajstić information content (AvgIpc) is 2.82. The Labute approximate surface area is 120 Å². The minimum Gasteiger partial charge on any atom is -0.274 e. The molecule has 2 aliphatic carbocycles. The van der Waals surface area contributed by atoms with Crippen molar-refractivity contribution in [2.24, 2.45) is 17.3 Å².